The van der Waals surface area contributed by atoms with Crippen LogP contribution < -0.4 is 0 Å². The third-order valence-corrected chi connectivity index (χ3v) is 8.46. The van der Waals surface area contributed by atoms with Gasteiger partial charge >= 0.3 is 30.6 Å². The molecular formula is C31H21F9N2O4S. The number of ether oxygens (including phenoxy) is 1. The Morgan fingerprint density at radius 2 is 1.47 bits per heavy atom. The molecular weight excluding hydrogens is 667 g/mol. The number of carbonyl (C=O) groups is 2. The fourth-order valence-electron chi connectivity index (χ4n) is 5.20. The van der Waals surface area contributed by atoms with Crippen molar-refractivity contribution in [1.82, 2.24) is 9.88 Å². The molecule has 47 heavy (non-hydrogen) atoms. The molecule has 248 valence electrons. The Kier molecular flexibility index (Phi) is 8.54. The van der Waals surface area contributed by atoms with Crippen molar-refractivity contribution in [2.24, 2.45) is 0 Å². The van der Waals surface area contributed by atoms with Gasteiger partial charge in [0.1, 0.15) is 11.1 Å². The number of carboxylic acids is 1. The normalized spacial score (nSPS) is 17.3. The molecule has 0 aliphatic carbocycles. The zero-order valence-electron chi connectivity index (χ0n) is 24.0. The van der Waals surface area contributed by atoms with Gasteiger partial charge in [-0.25, -0.2) is 14.6 Å². The Morgan fingerprint density at radius 3 is 2.02 bits per heavy atom. The van der Waals surface area contributed by atoms with E-state index in [0.717, 1.165) is 34.4 Å². The number of hydrogen-bond acceptors (Lipinski definition) is 5. The first-order valence-electron chi connectivity index (χ1n) is 13.5. The Balaban J connectivity index is 1.52. The lowest BCUT2D eigenvalue weighted by Gasteiger charge is -2.23. The van der Waals surface area contributed by atoms with Crippen LogP contribution in [0.15, 0.2) is 60.0 Å². The maximum atomic E-state index is 13.7. The highest BCUT2D eigenvalue weighted by Crippen LogP contribution is 2.42. The molecule has 2 heterocycles. The van der Waals surface area contributed by atoms with E-state index in [4.69, 9.17) is 4.74 Å². The van der Waals surface area contributed by atoms with Crippen molar-refractivity contribution in [2.45, 2.75) is 51.1 Å². The first kappa shape index (κ1) is 33.8. The standard InChI is InChI=1S/C31H21F9N2O4S/c1-14-7-16(27(43)44)3-5-22(14)24-13-47-26(41-24)23-6-4-19(29(32,33)34)10-18(23)12-42-15(2)25(46-28(42)45)17-8-20(30(35,36)37)11-21(9-17)31(38,39)40/h3-11,13,15,25H,12H2,1-2H3,(H,43,44)/t15?,25-/m0/s1. The van der Waals surface area contributed by atoms with Gasteiger partial charge in [0.25, 0.3) is 0 Å². The fraction of sp³-hybridized carbons (Fsp3) is 0.258. The molecule has 1 fully saturated rings. The number of aromatic carboxylic acids is 1. The first-order chi connectivity index (χ1) is 21.7. The lowest BCUT2D eigenvalue weighted by atomic mass is 9.97. The molecule has 0 bridgehead atoms. The van der Waals surface area contributed by atoms with Crippen molar-refractivity contribution in [3.8, 4) is 21.8 Å². The van der Waals surface area contributed by atoms with Gasteiger partial charge in [0.05, 0.1) is 40.5 Å². The number of carboxylic acid groups (broad SMARTS) is 1. The molecule has 1 amide bonds. The van der Waals surface area contributed by atoms with Crippen molar-refractivity contribution in [2.75, 3.05) is 0 Å². The van der Waals surface area contributed by atoms with Crippen LogP contribution in [0.3, 0.4) is 0 Å². The number of halogens is 9. The molecule has 1 N–H and O–H groups in total. The molecule has 0 spiro atoms. The summed E-state index contributed by atoms with van der Waals surface area (Å²) in [6.45, 7) is 2.40. The number of nitrogens with zero attached hydrogens (tertiary/aromatic N) is 2. The lowest BCUT2D eigenvalue weighted by Crippen LogP contribution is -2.32. The lowest BCUT2D eigenvalue weighted by molar-refractivity contribution is -0.143. The van der Waals surface area contributed by atoms with Gasteiger partial charge in [-0.3, -0.25) is 4.90 Å². The van der Waals surface area contributed by atoms with Crippen LogP contribution in [-0.4, -0.2) is 33.1 Å². The highest BCUT2D eigenvalue weighted by molar-refractivity contribution is 7.13. The topological polar surface area (TPSA) is 79.7 Å². The number of amides is 1. The molecule has 2 atom stereocenters. The van der Waals surface area contributed by atoms with E-state index in [1.165, 1.54) is 25.1 Å². The van der Waals surface area contributed by atoms with Gasteiger partial charge in [-0.2, -0.15) is 39.5 Å². The minimum atomic E-state index is -5.15. The SMILES string of the molecule is Cc1cc(C(=O)O)ccc1-c1csc(-c2ccc(C(F)(F)F)cc2CN2C(=O)O[C@H](c3cc(C(F)(F)F)cc(C(F)(F)F)c3)C2C)n1. The summed E-state index contributed by atoms with van der Waals surface area (Å²) in [5.74, 6) is -1.14. The maximum absolute atomic E-state index is 13.7. The number of rotatable bonds is 6. The molecule has 1 unspecified atom stereocenters. The van der Waals surface area contributed by atoms with Crippen LogP contribution in [0.1, 0.15) is 56.8 Å². The van der Waals surface area contributed by atoms with Crippen molar-refractivity contribution in [3.05, 3.63) is 98.9 Å². The van der Waals surface area contributed by atoms with E-state index in [9.17, 15) is 54.2 Å². The van der Waals surface area contributed by atoms with Crippen molar-refractivity contribution >= 4 is 23.4 Å². The highest BCUT2D eigenvalue weighted by atomic mass is 32.1. The van der Waals surface area contributed by atoms with E-state index < -0.39 is 71.5 Å². The van der Waals surface area contributed by atoms with E-state index in [0.29, 0.717) is 29.0 Å². The zero-order chi connectivity index (χ0) is 34.6. The Morgan fingerprint density at radius 1 is 0.872 bits per heavy atom. The summed E-state index contributed by atoms with van der Waals surface area (Å²) in [6.07, 6.45) is -17.9. The first-order valence-corrected chi connectivity index (χ1v) is 14.4. The second kappa shape index (κ2) is 11.9. The molecule has 1 aromatic heterocycles. The second-order valence-corrected chi connectivity index (χ2v) is 11.6. The molecule has 0 saturated carbocycles. The van der Waals surface area contributed by atoms with Crippen molar-refractivity contribution in [1.29, 1.82) is 0 Å². The largest absolute Gasteiger partial charge is 0.478 e. The number of thiazole rings is 1. The summed E-state index contributed by atoms with van der Waals surface area (Å²) in [5, 5.41) is 11.1. The minimum Gasteiger partial charge on any atom is -0.478 e. The van der Waals surface area contributed by atoms with Crippen LogP contribution >= 0.6 is 11.3 Å². The summed E-state index contributed by atoms with van der Waals surface area (Å²) in [7, 11) is 0. The molecule has 5 rings (SSSR count). The van der Waals surface area contributed by atoms with E-state index in [2.05, 4.69) is 4.98 Å². The van der Waals surface area contributed by atoms with Crippen LogP contribution in [-0.2, 0) is 29.8 Å². The van der Waals surface area contributed by atoms with Crippen molar-refractivity contribution < 1.29 is 58.9 Å². The average molecular weight is 689 g/mol. The summed E-state index contributed by atoms with van der Waals surface area (Å²) >= 11 is 1.05. The third-order valence-electron chi connectivity index (χ3n) is 7.59. The Labute approximate surface area is 264 Å². The Hall–Kier alpha value is -4.60. The molecule has 16 heteroatoms. The molecule has 4 aromatic rings. The van der Waals surface area contributed by atoms with Gasteiger partial charge in [-0.05, 0) is 73.0 Å². The van der Waals surface area contributed by atoms with Crippen LogP contribution in [0, 0.1) is 6.92 Å². The number of hydrogen-bond donors (Lipinski definition) is 1. The fourth-order valence-corrected chi connectivity index (χ4v) is 6.08. The zero-order valence-corrected chi connectivity index (χ0v) is 24.8. The third kappa shape index (κ3) is 6.92. The predicted molar refractivity (Wildman–Crippen MR) is 150 cm³/mol. The summed E-state index contributed by atoms with van der Waals surface area (Å²) in [5.41, 5.74) is -3.22. The van der Waals surface area contributed by atoms with Crippen LogP contribution in [0.5, 0.6) is 0 Å². The maximum Gasteiger partial charge on any atom is 0.416 e. The number of aryl methyl sites for hydroxylation is 1. The quantitative estimate of drug-likeness (QED) is 0.204. The molecule has 1 aliphatic heterocycles. The molecule has 1 saturated heterocycles. The van der Waals surface area contributed by atoms with E-state index in [-0.39, 0.29) is 27.8 Å². The van der Waals surface area contributed by atoms with Gasteiger partial charge in [0, 0.05) is 16.5 Å². The average Bonchev–Trinajstić information content (AvgIpc) is 3.56. The number of carbonyl (C=O) groups excluding carboxylic acids is 1. The van der Waals surface area contributed by atoms with Crippen LogP contribution in [0.2, 0.25) is 0 Å². The van der Waals surface area contributed by atoms with E-state index in [1.807, 2.05) is 0 Å². The minimum absolute atomic E-state index is 0.0383. The summed E-state index contributed by atoms with van der Waals surface area (Å²) < 4.78 is 127. The van der Waals surface area contributed by atoms with Gasteiger partial charge in [0.15, 0.2) is 0 Å². The smallest absolute Gasteiger partial charge is 0.416 e. The van der Waals surface area contributed by atoms with Gasteiger partial charge in [-0.1, -0.05) is 12.1 Å². The van der Waals surface area contributed by atoms with Gasteiger partial charge in [0.2, 0.25) is 0 Å². The monoisotopic (exact) mass is 688 g/mol. The summed E-state index contributed by atoms with van der Waals surface area (Å²) in [6, 6.07) is 6.67. The number of aromatic nitrogens is 1. The van der Waals surface area contributed by atoms with Crippen LogP contribution in [0.25, 0.3) is 21.8 Å². The molecule has 0 radical (unpaired) electrons. The number of benzene rings is 3. The second-order valence-electron chi connectivity index (χ2n) is 10.8. The number of alkyl halides is 9. The Bertz CT molecular complexity index is 1830. The number of cyclic esters (lactones) is 1. The summed E-state index contributed by atoms with van der Waals surface area (Å²) in [4.78, 5) is 29.7. The van der Waals surface area contributed by atoms with Gasteiger partial charge in [-0.15, -0.1) is 11.3 Å². The highest BCUT2D eigenvalue weighted by Gasteiger charge is 2.44. The van der Waals surface area contributed by atoms with Gasteiger partial charge < -0.3 is 9.84 Å². The van der Waals surface area contributed by atoms with E-state index >= 15 is 0 Å². The molecule has 1 aliphatic rings. The molecule has 3 aromatic carbocycles. The van der Waals surface area contributed by atoms with Crippen molar-refractivity contribution in [3.63, 3.8) is 0 Å². The van der Waals surface area contributed by atoms with E-state index in [1.54, 1.807) is 12.3 Å². The van der Waals surface area contributed by atoms with Crippen LogP contribution in [0.4, 0.5) is 44.3 Å². The molecule has 6 nitrogen and oxygen atoms in total. The predicted octanol–water partition coefficient (Wildman–Crippen LogP) is 9.62.